The average Bonchev–Trinajstić information content (AvgIpc) is 3.12. The highest BCUT2D eigenvalue weighted by molar-refractivity contribution is 5.07. The largest absolute Gasteiger partial charge is 0.477 e. The van der Waals surface area contributed by atoms with Crippen LogP contribution in [-0.4, -0.2) is 23.1 Å². The minimum absolute atomic E-state index is 0.640. The second kappa shape index (κ2) is 5.80. The molecular formula is C12H19N3O. The highest BCUT2D eigenvalue weighted by Crippen LogP contribution is 2.32. The zero-order valence-electron chi connectivity index (χ0n) is 9.78. The minimum Gasteiger partial charge on any atom is -0.477 e. The van der Waals surface area contributed by atoms with E-state index in [-0.39, 0.29) is 0 Å². The van der Waals surface area contributed by atoms with E-state index in [1.54, 1.807) is 12.4 Å². The molecule has 4 heteroatoms. The number of nitrogens with one attached hydrogen (secondary N) is 1. The van der Waals surface area contributed by atoms with E-state index >= 15 is 0 Å². The van der Waals surface area contributed by atoms with Crippen LogP contribution in [0.4, 0.5) is 0 Å². The van der Waals surface area contributed by atoms with Gasteiger partial charge >= 0.3 is 0 Å². The van der Waals surface area contributed by atoms with Gasteiger partial charge in [-0.25, -0.2) is 4.98 Å². The maximum atomic E-state index is 5.52. The zero-order chi connectivity index (χ0) is 11.2. The quantitative estimate of drug-likeness (QED) is 0.762. The average molecular weight is 221 g/mol. The van der Waals surface area contributed by atoms with Gasteiger partial charge in [-0.1, -0.05) is 19.8 Å². The van der Waals surface area contributed by atoms with E-state index in [2.05, 4.69) is 22.2 Å². The van der Waals surface area contributed by atoms with Crippen LogP contribution in [0.15, 0.2) is 12.4 Å². The molecule has 16 heavy (non-hydrogen) atoms. The second-order valence-electron chi connectivity index (χ2n) is 4.21. The first kappa shape index (κ1) is 11.3. The standard InChI is InChI=1S/C12H19N3O/c1-2-13-7-11-8-15-12(9-14-11)16-6-5-10-3-4-10/h8-10,13H,2-7H2,1H3. The molecule has 1 N–H and O–H groups in total. The first-order valence-corrected chi connectivity index (χ1v) is 6.03. The summed E-state index contributed by atoms with van der Waals surface area (Å²) in [4.78, 5) is 8.50. The Hall–Kier alpha value is -1.16. The van der Waals surface area contributed by atoms with Gasteiger partial charge in [0.25, 0.3) is 0 Å². The van der Waals surface area contributed by atoms with Crippen molar-refractivity contribution in [1.82, 2.24) is 15.3 Å². The molecule has 88 valence electrons. The SMILES string of the molecule is CCNCc1cnc(OCCC2CC2)cn1. The number of rotatable bonds is 7. The van der Waals surface area contributed by atoms with Crippen LogP contribution < -0.4 is 10.1 Å². The van der Waals surface area contributed by atoms with E-state index < -0.39 is 0 Å². The molecular weight excluding hydrogens is 202 g/mol. The highest BCUT2D eigenvalue weighted by atomic mass is 16.5. The molecule has 1 aliphatic rings. The summed E-state index contributed by atoms with van der Waals surface area (Å²) >= 11 is 0. The van der Waals surface area contributed by atoms with Gasteiger partial charge in [-0.2, -0.15) is 0 Å². The van der Waals surface area contributed by atoms with Crippen LogP contribution in [-0.2, 0) is 6.54 Å². The Morgan fingerprint density at radius 2 is 2.25 bits per heavy atom. The van der Waals surface area contributed by atoms with Crippen LogP contribution in [0.25, 0.3) is 0 Å². The van der Waals surface area contributed by atoms with Crippen LogP contribution in [0, 0.1) is 5.92 Å². The highest BCUT2D eigenvalue weighted by Gasteiger charge is 2.20. The van der Waals surface area contributed by atoms with Gasteiger partial charge in [0.1, 0.15) is 0 Å². The first-order valence-electron chi connectivity index (χ1n) is 6.03. The van der Waals surface area contributed by atoms with Gasteiger partial charge < -0.3 is 10.1 Å². The maximum Gasteiger partial charge on any atom is 0.232 e. The number of nitrogens with zero attached hydrogens (tertiary/aromatic N) is 2. The zero-order valence-corrected chi connectivity index (χ0v) is 9.78. The van der Waals surface area contributed by atoms with E-state index in [1.807, 2.05) is 0 Å². The molecule has 0 bridgehead atoms. The van der Waals surface area contributed by atoms with Crippen LogP contribution in [0.3, 0.4) is 0 Å². The Bertz CT molecular complexity index is 309. The summed E-state index contributed by atoms with van der Waals surface area (Å²) in [5.74, 6) is 1.54. The van der Waals surface area contributed by atoms with Gasteiger partial charge in [0, 0.05) is 6.54 Å². The van der Waals surface area contributed by atoms with E-state index in [1.165, 1.54) is 12.8 Å². The lowest BCUT2D eigenvalue weighted by Gasteiger charge is -2.05. The van der Waals surface area contributed by atoms with Crippen molar-refractivity contribution in [2.45, 2.75) is 32.7 Å². The van der Waals surface area contributed by atoms with Gasteiger partial charge in [0.05, 0.1) is 24.7 Å². The predicted molar refractivity (Wildman–Crippen MR) is 62.2 cm³/mol. The lowest BCUT2D eigenvalue weighted by molar-refractivity contribution is 0.289. The van der Waals surface area contributed by atoms with Crippen LogP contribution in [0.5, 0.6) is 5.88 Å². The van der Waals surface area contributed by atoms with Gasteiger partial charge in [0.15, 0.2) is 0 Å². The number of hydrogen-bond acceptors (Lipinski definition) is 4. The molecule has 1 heterocycles. The molecule has 0 radical (unpaired) electrons. The fourth-order valence-electron chi connectivity index (χ4n) is 1.50. The van der Waals surface area contributed by atoms with E-state index in [4.69, 9.17) is 4.74 Å². The molecule has 1 fully saturated rings. The van der Waals surface area contributed by atoms with Crippen molar-refractivity contribution < 1.29 is 4.74 Å². The first-order chi connectivity index (χ1) is 7.88. The fourth-order valence-corrected chi connectivity index (χ4v) is 1.50. The maximum absolute atomic E-state index is 5.52. The monoisotopic (exact) mass is 221 g/mol. The summed E-state index contributed by atoms with van der Waals surface area (Å²) in [5.41, 5.74) is 0.955. The van der Waals surface area contributed by atoms with Gasteiger partial charge in [-0.05, 0) is 18.9 Å². The lowest BCUT2D eigenvalue weighted by Crippen LogP contribution is -2.13. The Morgan fingerprint density at radius 3 is 2.88 bits per heavy atom. The van der Waals surface area contributed by atoms with E-state index in [9.17, 15) is 0 Å². The third-order valence-electron chi connectivity index (χ3n) is 2.71. The summed E-state index contributed by atoms with van der Waals surface area (Å²) in [6, 6.07) is 0. The van der Waals surface area contributed by atoms with Gasteiger partial charge in [0.2, 0.25) is 5.88 Å². The molecule has 2 rings (SSSR count). The molecule has 0 aliphatic heterocycles. The smallest absolute Gasteiger partial charge is 0.232 e. The Labute approximate surface area is 96.4 Å². The molecule has 1 aromatic heterocycles. The van der Waals surface area contributed by atoms with Crippen molar-refractivity contribution in [1.29, 1.82) is 0 Å². The minimum atomic E-state index is 0.640. The topological polar surface area (TPSA) is 47.0 Å². The molecule has 0 spiro atoms. The summed E-state index contributed by atoms with van der Waals surface area (Å²) in [6.07, 6.45) is 7.38. The molecule has 1 saturated carbocycles. The van der Waals surface area contributed by atoms with Crippen molar-refractivity contribution in [2.75, 3.05) is 13.2 Å². The van der Waals surface area contributed by atoms with Crippen molar-refractivity contribution in [2.24, 2.45) is 5.92 Å². The van der Waals surface area contributed by atoms with Crippen LogP contribution in [0.2, 0.25) is 0 Å². The molecule has 0 atom stereocenters. The normalized spacial score (nSPS) is 15.1. The number of aromatic nitrogens is 2. The van der Waals surface area contributed by atoms with Crippen molar-refractivity contribution in [3.63, 3.8) is 0 Å². The summed E-state index contributed by atoms with van der Waals surface area (Å²) < 4.78 is 5.52. The van der Waals surface area contributed by atoms with E-state index in [0.29, 0.717) is 5.88 Å². The van der Waals surface area contributed by atoms with Crippen LogP contribution >= 0.6 is 0 Å². The predicted octanol–water partition coefficient (Wildman–Crippen LogP) is 1.76. The second-order valence-corrected chi connectivity index (χ2v) is 4.21. The Balaban J connectivity index is 1.72. The summed E-state index contributed by atoms with van der Waals surface area (Å²) in [5, 5.41) is 3.21. The summed E-state index contributed by atoms with van der Waals surface area (Å²) in [6.45, 7) is 4.56. The molecule has 0 saturated heterocycles. The molecule has 1 aromatic rings. The Kier molecular flexibility index (Phi) is 4.10. The third-order valence-corrected chi connectivity index (χ3v) is 2.71. The molecule has 1 aliphatic carbocycles. The number of ether oxygens (including phenoxy) is 1. The number of hydrogen-bond donors (Lipinski definition) is 1. The fraction of sp³-hybridized carbons (Fsp3) is 0.667. The third kappa shape index (κ3) is 3.77. The van der Waals surface area contributed by atoms with Crippen molar-refractivity contribution in [3.8, 4) is 5.88 Å². The van der Waals surface area contributed by atoms with E-state index in [0.717, 1.165) is 37.7 Å². The van der Waals surface area contributed by atoms with Gasteiger partial charge in [-0.3, -0.25) is 4.98 Å². The summed E-state index contributed by atoms with van der Waals surface area (Å²) in [7, 11) is 0. The molecule has 0 aromatic carbocycles. The molecule has 0 unspecified atom stereocenters. The Morgan fingerprint density at radius 1 is 1.38 bits per heavy atom. The lowest BCUT2D eigenvalue weighted by atomic mass is 10.3. The molecule has 0 amide bonds. The van der Waals surface area contributed by atoms with Crippen LogP contribution in [0.1, 0.15) is 31.9 Å². The van der Waals surface area contributed by atoms with Crippen molar-refractivity contribution >= 4 is 0 Å². The van der Waals surface area contributed by atoms with Crippen molar-refractivity contribution in [3.05, 3.63) is 18.1 Å². The van der Waals surface area contributed by atoms with Gasteiger partial charge in [-0.15, -0.1) is 0 Å². The molecule has 4 nitrogen and oxygen atoms in total.